The van der Waals surface area contributed by atoms with Crippen molar-refractivity contribution in [2.24, 2.45) is 0 Å². The summed E-state index contributed by atoms with van der Waals surface area (Å²) in [6.45, 7) is 9.85. The van der Waals surface area contributed by atoms with Crippen molar-refractivity contribution < 1.29 is 46.8 Å². The van der Waals surface area contributed by atoms with Crippen molar-refractivity contribution in [2.75, 3.05) is 6.54 Å². The molecule has 17 heteroatoms. The minimum absolute atomic E-state index is 0.0933. The van der Waals surface area contributed by atoms with Gasteiger partial charge in [-0.25, -0.2) is 19.0 Å². The lowest BCUT2D eigenvalue weighted by Crippen LogP contribution is -2.46. The minimum atomic E-state index is -4.08. The molecule has 0 aliphatic carbocycles. The van der Waals surface area contributed by atoms with Crippen molar-refractivity contribution in [3.63, 3.8) is 0 Å². The van der Waals surface area contributed by atoms with E-state index in [4.69, 9.17) is 21.1 Å². The average Bonchev–Trinajstić information content (AvgIpc) is 3.65. The summed E-state index contributed by atoms with van der Waals surface area (Å²) in [5.41, 5.74) is 0.636. The molecule has 2 aromatic carbocycles. The first-order valence-electron chi connectivity index (χ1n) is 17.2. The standard InChI is InChI=1S/C36H45ClF2N5O8P/c1-19(2)51-35(48)21(5)41-53(50,42-22(6)36(49)52-20(3)4)26-11-12-27-28(23(7)45)17-43(30(27)14-26)18-32(46)44-16-25(38)13-31(44)34(47)40-15-24-9-8-10-29(37)33(24)39/h8-12,14,17,19-22,25,31H,13,15-16,18H2,1-7H3,(H,40,47)(H2,41,42,50)/t21-,22-,25+,31-/m0/s1. The first-order chi connectivity index (χ1) is 24.8. The SMILES string of the molecule is CC(=O)c1cn(CC(=O)N2C[C@H](F)C[C@H]2C(=O)NCc2cccc(Cl)c2F)c2cc(P(=O)(N[C@@H](C)C(=O)OC(C)C)N[C@@H](C)C(=O)OC(C)C)ccc12. The van der Waals surface area contributed by atoms with Gasteiger partial charge < -0.3 is 24.3 Å². The van der Waals surface area contributed by atoms with Crippen LogP contribution in [0.15, 0.2) is 42.6 Å². The van der Waals surface area contributed by atoms with Gasteiger partial charge in [0.1, 0.15) is 36.7 Å². The fraction of sp³-hybridized carbons (Fsp3) is 0.472. The molecule has 3 N–H and O–H groups in total. The number of carbonyl (C=O) groups excluding carboxylic acids is 5. The van der Waals surface area contributed by atoms with E-state index in [0.29, 0.717) is 5.39 Å². The highest BCUT2D eigenvalue weighted by Crippen LogP contribution is 2.38. The zero-order chi connectivity index (χ0) is 39.4. The van der Waals surface area contributed by atoms with Gasteiger partial charge in [0.15, 0.2) is 5.78 Å². The predicted octanol–water partition coefficient (Wildman–Crippen LogP) is 4.57. The van der Waals surface area contributed by atoms with Crippen LogP contribution in [0.1, 0.15) is 70.8 Å². The Kier molecular flexibility index (Phi) is 13.6. The molecule has 0 unspecified atom stereocenters. The first kappa shape index (κ1) is 41.6. The van der Waals surface area contributed by atoms with Crippen LogP contribution in [-0.2, 0) is 46.3 Å². The number of Topliss-reactive ketones (excluding diaryl/α,β-unsaturated/α-hetero) is 1. The maximum atomic E-state index is 14.8. The normalized spacial score (nSPS) is 17.2. The van der Waals surface area contributed by atoms with E-state index in [9.17, 15) is 37.3 Å². The van der Waals surface area contributed by atoms with E-state index in [1.165, 1.54) is 67.9 Å². The Morgan fingerprint density at radius 3 is 2.13 bits per heavy atom. The maximum Gasteiger partial charge on any atom is 0.323 e. The third kappa shape index (κ3) is 10.1. The topological polar surface area (TPSA) is 165 Å². The Morgan fingerprint density at radius 1 is 0.962 bits per heavy atom. The summed E-state index contributed by atoms with van der Waals surface area (Å²) in [6.07, 6.45) is -1.26. The number of fused-ring (bicyclic) bond motifs is 1. The smallest absolute Gasteiger partial charge is 0.323 e. The fourth-order valence-corrected chi connectivity index (χ4v) is 8.38. The van der Waals surface area contributed by atoms with Crippen molar-refractivity contribution in [3.05, 3.63) is 64.6 Å². The molecule has 13 nitrogen and oxygen atoms in total. The summed E-state index contributed by atoms with van der Waals surface area (Å²) in [4.78, 5) is 66.3. The second kappa shape index (κ2) is 17.3. The molecule has 1 saturated heterocycles. The molecule has 1 aliphatic heterocycles. The van der Waals surface area contributed by atoms with Crippen LogP contribution in [0.5, 0.6) is 0 Å². The van der Waals surface area contributed by atoms with E-state index in [0.717, 1.165) is 4.90 Å². The van der Waals surface area contributed by atoms with Gasteiger partial charge in [-0.15, -0.1) is 0 Å². The summed E-state index contributed by atoms with van der Waals surface area (Å²) < 4.78 is 56.0. The first-order valence-corrected chi connectivity index (χ1v) is 19.2. The van der Waals surface area contributed by atoms with Crippen LogP contribution >= 0.6 is 19.0 Å². The number of carbonyl (C=O) groups is 5. The number of halogens is 3. The van der Waals surface area contributed by atoms with Crippen LogP contribution in [0.2, 0.25) is 5.02 Å². The number of hydrogen-bond donors (Lipinski definition) is 3. The number of amides is 2. The number of nitrogens with one attached hydrogen (secondary N) is 3. The summed E-state index contributed by atoms with van der Waals surface area (Å²) >= 11 is 5.84. The number of ketones is 1. The van der Waals surface area contributed by atoms with Crippen LogP contribution in [0.4, 0.5) is 8.78 Å². The average molecular weight is 780 g/mol. The fourth-order valence-electron chi connectivity index (χ4n) is 5.92. The summed E-state index contributed by atoms with van der Waals surface area (Å²) in [6, 6.07) is 5.37. The number of likely N-dealkylation sites (tertiary alicyclic amines) is 1. The van der Waals surface area contributed by atoms with Gasteiger partial charge in [-0.2, -0.15) is 0 Å². The van der Waals surface area contributed by atoms with Crippen LogP contribution in [-0.4, -0.2) is 82.1 Å². The molecule has 1 aromatic heterocycles. The molecule has 4 atom stereocenters. The number of nitrogens with zero attached hydrogens (tertiary/aromatic N) is 2. The van der Waals surface area contributed by atoms with E-state index in [2.05, 4.69) is 15.5 Å². The lowest BCUT2D eigenvalue weighted by Gasteiger charge is -2.27. The maximum absolute atomic E-state index is 14.8. The Hall–Kier alpha value is -4.17. The van der Waals surface area contributed by atoms with E-state index < -0.39 is 80.1 Å². The number of benzene rings is 2. The number of alkyl halides is 1. The second-order valence-electron chi connectivity index (χ2n) is 13.5. The minimum Gasteiger partial charge on any atom is -0.462 e. The lowest BCUT2D eigenvalue weighted by molar-refractivity contribution is -0.149. The van der Waals surface area contributed by atoms with Gasteiger partial charge in [0.05, 0.1) is 29.3 Å². The van der Waals surface area contributed by atoms with Gasteiger partial charge in [-0.3, -0.25) is 28.5 Å². The molecule has 53 heavy (non-hydrogen) atoms. The molecule has 2 heterocycles. The Bertz CT molecular complexity index is 1900. The molecular formula is C36H45ClF2N5O8P. The van der Waals surface area contributed by atoms with Gasteiger partial charge >= 0.3 is 11.9 Å². The zero-order valence-corrected chi connectivity index (χ0v) is 32.2. The van der Waals surface area contributed by atoms with E-state index in [1.807, 2.05) is 0 Å². The largest absolute Gasteiger partial charge is 0.462 e. The number of rotatable bonds is 15. The molecule has 2 amide bonds. The van der Waals surface area contributed by atoms with Crippen molar-refractivity contribution in [1.29, 1.82) is 0 Å². The lowest BCUT2D eigenvalue weighted by atomic mass is 10.1. The molecule has 1 fully saturated rings. The summed E-state index contributed by atoms with van der Waals surface area (Å²) in [7, 11) is -4.08. The van der Waals surface area contributed by atoms with Gasteiger partial charge in [-0.1, -0.05) is 29.8 Å². The molecular weight excluding hydrogens is 735 g/mol. The zero-order valence-electron chi connectivity index (χ0n) is 30.6. The predicted molar refractivity (Wildman–Crippen MR) is 195 cm³/mol. The van der Waals surface area contributed by atoms with E-state index >= 15 is 0 Å². The van der Waals surface area contributed by atoms with Crippen molar-refractivity contribution >= 4 is 64.8 Å². The molecule has 4 rings (SSSR count). The molecule has 3 aromatic rings. The van der Waals surface area contributed by atoms with Crippen LogP contribution < -0.4 is 20.8 Å². The summed E-state index contributed by atoms with van der Waals surface area (Å²) in [5, 5.41) is 8.53. The van der Waals surface area contributed by atoms with Crippen LogP contribution in [0, 0.1) is 5.82 Å². The second-order valence-corrected chi connectivity index (χ2v) is 16.2. The van der Waals surface area contributed by atoms with Gasteiger partial charge in [-0.05, 0) is 66.7 Å². The third-order valence-electron chi connectivity index (χ3n) is 8.43. The van der Waals surface area contributed by atoms with Crippen LogP contribution in [0.25, 0.3) is 10.9 Å². The molecule has 0 radical (unpaired) electrons. The van der Waals surface area contributed by atoms with Gasteiger partial charge in [0.2, 0.25) is 19.3 Å². The van der Waals surface area contributed by atoms with E-state index in [1.54, 1.807) is 27.7 Å². The summed E-state index contributed by atoms with van der Waals surface area (Å²) in [5.74, 6) is -3.76. The molecule has 1 aliphatic rings. The highest BCUT2D eigenvalue weighted by molar-refractivity contribution is 7.67. The van der Waals surface area contributed by atoms with Crippen molar-refractivity contribution in [1.82, 2.24) is 25.0 Å². The van der Waals surface area contributed by atoms with E-state index in [-0.39, 0.29) is 52.3 Å². The van der Waals surface area contributed by atoms with Crippen molar-refractivity contribution in [3.8, 4) is 0 Å². The van der Waals surface area contributed by atoms with Gasteiger partial charge in [0.25, 0.3) is 0 Å². The highest BCUT2D eigenvalue weighted by atomic mass is 35.5. The Balaban J connectivity index is 1.67. The monoisotopic (exact) mass is 779 g/mol. The highest BCUT2D eigenvalue weighted by Gasteiger charge is 2.40. The molecule has 288 valence electrons. The Labute approximate surface area is 311 Å². The number of esters is 2. The van der Waals surface area contributed by atoms with Crippen LogP contribution in [0.3, 0.4) is 0 Å². The molecule has 0 saturated carbocycles. The quantitative estimate of drug-likeness (QED) is 0.113. The number of aromatic nitrogens is 1. The number of ether oxygens (including phenoxy) is 2. The molecule has 0 bridgehead atoms. The Morgan fingerprint density at radius 2 is 1.57 bits per heavy atom. The van der Waals surface area contributed by atoms with Gasteiger partial charge in [0, 0.05) is 41.0 Å². The van der Waals surface area contributed by atoms with Crippen molar-refractivity contribution in [2.45, 2.75) is 104 Å². The number of hydrogen-bond acceptors (Lipinski definition) is 8. The molecule has 0 spiro atoms. The third-order valence-corrected chi connectivity index (χ3v) is 11.2.